The zero-order valence-electron chi connectivity index (χ0n) is 42.8. The fourth-order valence-corrected chi connectivity index (χ4v) is 8.32. The lowest BCUT2D eigenvalue weighted by atomic mass is 9.96. The summed E-state index contributed by atoms with van der Waals surface area (Å²) < 4.78 is 13.6. The fourth-order valence-electron chi connectivity index (χ4n) is 8.32. The van der Waals surface area contributed by atoms with Crippen LogP contribution < -0.4 is 49.1 Å². The first-order valence-electron chi connectivity index (χ1n) is 24.9. The number of guanidine groups is 1. The summed E-state index contributed by atoms with van der Waals surface area (Å²) in [6.45, 7) is 6.80. The number of carbonyl (C=O) groups excluding carboxylic acids is 7. The van der Waals surface area contributed by atoms with Crippen molar-refractivity contribution < 1.29 is 62.9 Å². The van der Waals surface area contributed by atoms with E-state index in [9.17, 15) is 62.9 Å². The number of amides is 7. The molecule has 3 aromatic rings. The minimum absolute atomic E-state index is 0.0539. The number of benzene rings is 2. The number of likely N-dealkylation sites (tertiary alicyclic amines) is 1. The number of H-pyrrole nitrogens is 1. The molecule has 1 aliphatic rings. The van der Waals surface area contributed by atoms with E-state index in [-0.39, 0.29) is 63.3 Å². The Kier molecular flexibility index (Phi) is 23.1. The van der Waals surface area contributed by atoms with Crippen LogP contribution in [-0.4, -0.2) is 151 Å². The van der Waals surface area contributed by atoms with Crippen LogP contribution in [0.2, 0.25) is 0 Å². The summed E-state index contributed by atoms with van der Waals surface area (Å²) in [5.74, 6) is -10.5. The van der Waals surface area contributed by atoms with Gasteiger partial charge < -0.3 is 74.3 Å². The maximum Gasteiger partial charge on any atom is 0.326 e. The number of hydrogen-bond donors (Lipinski definition) is 13. The first-order chi connectivity index (χ1) is 36.0. The first kappa shape index (κ1) is 60.4. The van der Waals surface area contributed by atoms with Gasteiger partial charge in [-0.25, -0.2) is 14.2 Å². The molecule has 1 aromatic heterocycles. The predicted octanol–water partition coefficient (Wildman–Crippen LogP) is -1.18. The number of imidazole rings is 1. The molecule has 26 heteroatoms. The Hall–Kier alpha value is -8.16. The third-order valence-corrected chi connectivity index (χ3v) is 12.8. The lowest BCUT2D eigenvalue weighted by Gasteiger charge is -2.32. The number of phenols is 1. The second-order valence-corrected chi connectivity index (χ2v) is 19.0. The maximum absolute atomic E-state index is 14.6. The third-order valence-electron chi connectivity index (χ3n) is 12.8. The van der Waals surface area contributed by atoms with Crippen LogP contribution in [0.4, 0.5) is 4.39 Å². The third kappa shape index (κ3) is 18.6. The number of carboxylic acids is 2. The standard InChI is InChI=1S/C50H70FN13O12/c1-5-27(4)41(47(73)60-36(22-31-24-55-25-57-31)48(74)64-19-7-9-38(64)45(71)61-37(49(75)76)21-28-10-14-30(51)15-11-28)63-44(70)35(20-29-12-16-32(65)17-13-29)59-46(72)40(26(2)3)62-43(69)34(8-6-18-56-50(53)54)58-42(68)33(52)23-39(66)67/h10-17,24-27,33-38,40-41,65H,5-9,18-23,52H2,1-4H3,(H,55,57)(H,58,68)(H,59,72)(H,60,73)(H,61,71)(H,62,69)(H,63,70)(H,66,67)(H,75,76)(H4,53,54,56). The number of rotatable bonds is 29. The smallest absolute Gasteiger partial charge is 0.326 e. The number of nitrogens with two attached hydrogens (primary N) is 3. The largest absolute Gasteiger partial charge is 0.508 e. The van der Waals surface area contributed by atoms with Crippen molar-refractivity contribution in [2.75, 3.05) is 13.1 Å². The van der Waals surface area contributed by atoms with Crippen LogP contribution >= 0.6 is 0 Å². The van der Waals surface area contributed by atoms with Crippen LogP contribution in [0, 0.1) is 17.7 Å². The number of aromatic amines is 1. The summed E-state index contributed by atoms with van der Waals surface area (Å²) in [6.07, 6.45) is 2.53. The SMILES string of the molecule is CCC(C)C(NC(=O)C(Cc1ccc(O)cc1)NC(=O)C(NC(=O)C(CCCN=C(N)N)NC(=O)C(N)CC(=O)O)C(C)C)C(=O)NC(Cc1cnc[nH]1)C(=O)N1CCCC1C(=O)NC(Cc1ccc(F)cc1)C(=O)O. The van der Waals surface area contributed by atoms with Gasteiger partial charge in [0.2, 0.25) is 41.4 Å². The van der Waals surface area contributed by atoms with E-state index in [2.05, 4.69) is 46.9 Å². The Labute approximate surface area is 438 Å². The van der Waals surface area contributed by atoms with E-state index in [4.69, 9.17) is 17.2 Å². The van der Waals surface area contributed by atoms with E-state index < -0.39 is 126 Å². The van der Waals surface area contributed by atoms with E-state index in [1.807, 2.05) is 0 Å². The van der Waals surface area contributed by atoms with Gasteiger partial charge in [0.25, 0.3) is 0 Å². The molecule has 0 spiro atoms. The second kappa shape index (κ2) is 29.1. The van der Waals surface area contributed by atoms with Crippen LogP contribution in [0.15, 0.2) is 66.0 Å². The van der Waals surface area contributed by atoms with E-state index in [1.54, 1.807) is 27.7 Å². The normalized spacial score (nSPS) is 16.3. The first-order valence-corrected chi connectivity index (χ1v) is 24.9. The molecule has 16 N–H and O–H groups in total. The van der Waals surface area contributed by atoms with Gasteiger partial charge in [-0.15, -0.1) is 0 Å². The van der Waals surface area contributed by atoms with Crippen molar-refractivity contribution in [2.24, 2.45) is 34.0 Å². The van der Waals surface area contributed by atoms with Crippen molar-refractivity contribution in [3.05, 3.63) is 83.7 Å². The van der Waals surface area contributed by atoms with Crippen LogP contribution in [0.1, 0.15) is 83.0 Å². The lowest BCUT2D eigenvalue weighted by Crippen LogP contribution is -2.62. The highest BCUT2D eigenvalue weighted by Crippen LogP contribution is 2.21. The molecule has 0 aliphatic carbocycles. The molecule has 414 valence electrons. The number of nitrogens with zero attached hydrogens (tertiary/aromatic N) is 3. The van der Waals surface area contributed by atoms with Gasteiger partial charge in [-0.2, -0.15) is 0 Å². The summed E-state index contributed by atoms with van der Waals surface area (Å²) in [4.78, 5) is 134. The number of nitrogens with one attached hydrogen (secondary N) is 7. The van der Waals surface area contributed by atoms with Crippen molar-refractivity contribution in [3.8, 4) is 5.75 Å². The summed E-state index contributed by atoms with van der Waals surface area (Å²) in [7, 11) is 0. The van der Waals surface area contributed by atoms with Gasteiger partial charge in [-0.1, -0.05) is 58.4 Å². The zero-order chi connectivity index (χ0) is 56.2. The molecule has 0 radical (unpaired) electrons. The number of carboxylic acid groups (broad SMARTS) is 2. The number of halogens is 1. The number of aliphatic carboxylic acids is 2. The van der Waals surface area contributed by atoms with Gasteiger partial charge in [0.15, 0.2) is 5.96 Å². The number of aromatic hydroxyl groups is 1. The molecule has 2 aromatic carbocycles. The van der Waals surface area contributed by atoms with Crippen LogP contribution in [0.5, 0.6) is 5.75 Å². The van der Waals surface area contributed by atoms with E-state index in [1.165, 1.54) is 53.8 Å². The highest BCUT2D eigenvalue weighted by atomic mass is 19.1. The Bertz CT molecular complexity index is 2510. The van der Waals surface area contributed by atoms with Crippen molar-refractivity contribution in [1.29, 1.82) is 0 Å². The van der Waals surface area contributed by atoms with Crippen LogP contribution in [0.25, 0.3) is 0 Å². The van der Waals surface area contributed by atoms with Crippen molar-refractivity contribution >= 4 is 59.2 Å². The molecule has 1 aliphatic heterocycles. The van der Waals surface area contributed by atoms with E-state index >= 15 is 0 Å². The van der Waals surface area contributed by atoms with Gasteiger partial charge in [0.05, 0.1) is 18.8 Å². The minimum atomic E-state index is -1.52. The summed E-state index contributed by atoms with van der Waals surface area (Å²) in [6, 6.07) is -0.0114. The van der Waals surface area contributed by atoms with Gasteiger partial charge >= 0.3 is 11.9 Å². The van der Waals surface area contributed by atoms with Crippen molar-refractivity contribution in [1.82, 2.24) is 46.8 Å². The summed E-state index contributed by atoms with van der Waals surface area (Å²) >= 11 is 0. The van der Waals surface area contributed by atoms with Gasteiger partial charge in [-0.05, 0) is 72.9 Å². The van der Waals surface area contributed by atoms with Gasteiger partial charge in [0, 0.05) is 44.2 Å². The highest BCUT2D eigenvalue weighted by molar-refractivity contribution is 5.98. The highest BCUT2D eigenvalue weighted by Gasteiger charge is 2.41. The molecule has 2 heterocycles. The molecular weight excluding hydrogens is 994 g/mol. The predicted molar refractivity (Wildman–Crippen MR) is 273 cm³/mol. The topological polar surface area (TPSA) is 409 Å². The summed E-state index contributed by atoms with van der Waals surface area (Å²) in [5.41, 5.74) is 18.0. The Balaban J connectivity index is 1.59. The molecular formula is C50H70FN13O12. The quantitative estimate of drug-likeness (QED) is 0.0221. The average molecular weight is 1060 g/mol. The van der Waals surface area contributed by atoms with Crippen LogP contribution in [-0.2, 0) is 62.4 Å². The van der Waals surface area contributed by atoms with Gasteiger partial charge in [-0.3, -0.25) is 43.3 Å². The molecule has 76 heavy (non-hydrogen) atoms. The molecule has 0 bridgehead atoms. The number of aromatic nitrogens is 2. The minimum Gasteiger partial charge on any atom is -0.508 e. The molecule has 4 rings (SSSR count). The maximum atomic E-state index is 14.6. The van der Waals surface area contributed by atoms with Crippen LogP contribution in [0.3, 0.4) is 0 Å². The number of aliphatic imine (C=N–C) groups is 1. The molecule has 1 saturated heterocycles. The Morgan fingerprint density at radius 2 is 1.34 bits per heavy atom. The Morgan fingerprint density at radius 3 is 1.92 bits per heavy atom. The monoisotopic (exact) mass is 1060 g/mol. The number of phenolic OH excluding ortho intramolecular Hbond substituents is 1. The summed E-state index contributed by atoms with van der Waals surface area (Å²) in [5, 5.41) is 44.9. The number of hydrogen-bond acceptors (Lipinski definition) is 13. The molecule has 25 nitrogen and oxygen atoms in total. The second-order valence-electron chi connectivity index (χ2n) is 19.0. The van der Waals surface area contributed by atoms with E-state index in [0.29, 0.717) is 29.7 Å². The lowest BCUT2D eigenvalue weighted by molar-refractivity contribution is -0.145. The van der Waals surface area contributed by atoms with Crippen molar-refractivity contribution in [3.63, 3.8) is 0 Å². The molecule has 7 amide bonds. The van der Waals surface area contributed by atoms with Crippen molar-refractivity contribution in [2.45, 2.75) is 134 Å². The molecule has 9 atom stereocenters. The molecule has 1 fully saturated rings. The zero-order valence-corrected chi connectivity index (χ0v) is 42.8. The Morgan fingerprint density at radius 1 is 0.763 bits per heavy atom. The molecule has 9 unspecified atom stereocenters. The van der Waals surface area contributed by atoms with Gasteiger partial charge in [0.1, 0.15) is 53.9 Å². The fraction of sp³-hybridized carbons (Fsp3) is 0.500. The molecule has 0 saturated carbocycles. The number of carbonyl (C=O) groups is 9. The van der Waals surface area contributed by atoms with E-state index in [0.717, 1.165) is 12.1 Å². The average Bonchev–Trinajstić information content (AvgIpc) is 4.09.